The number of benzene rings is 1. The van der Waals surface area contributed by atoms with Gasteiger partial charge in [-0.15, -0.1) is 0 Å². The van der Waals surface area contributed by atoms with Crippen LogP contribution < -0.4 is 10.6 Å². The summed E-state index contributed by atoms with van der Waals surface area (Å²) in [5.74, 6) is 0.109. The molecule has 0 unspecified atom stereocenters. The zero-order chi connectivity index (χ0) is 28.0. The van der Waals surface area contributed by atoms with Crippen molar-refractivity contribution in [3.63, 3.8) is 0 Å². The molecular weight excluding hydrogens is 506 g/mol. The minimum absolute atomic E-state index is 0.0449. The number of hydrogen-bond acceptors (Lipinski definition) is 6. The van der Waals surface area contributed by atoms with Crippen LogP contribution in [0.4, 0.5) is 0 Å². The monoisotopic (exact) mass is 551 g/mol. The second-order valence-corrected chi connectivity index (χ2v) is 12.1. The first kappa shape index (κ1) is 28.8. The van der Waals surface area contributed by atoms with Gasteiger partial charge in [0.05, 0.1) is 12.0 Å². The maximum absolute atomic E-state index is 13.8. The van der Waals surface area contributed by atoms with Crippen molar-refractivity contribution in [2.24, 2.45) is 11.3 Å². The second kappa shape index (κ2) is 13.3. The molecule has 0 aromatic heterocycles. The average Bonchev–Trinajstić information content (AvgIpc) is 2.97. The molecule has 3 saturated heterocycles. The summed E-state index contributed by atoms with van der Waals surface area (Å²) in [5, 5.41) is 6.45. The van der Waals surface area contributed by atoms with E-state index in [4.69, 9.17) is 4.74 Å². The summed E-state index contributed by atoms with van der Waals surface area (Å²) in [5.41, 5.74) is 0.441. The van der Waals surface area contributed by atoms with Gasteiger partial charge in [-0.3, -0.25) is 19.3 Å². The van der Waals surface area contributed by atoms with Gasteiger partial charge in [0.15, 0.2) is 0 Å². The summed E-state index contributed by atoms with van der Waals surface area (Å²) >= 11 is 0. The maximum Gasteiger partial charge on any atom is 0.243 e. The Morgan fingerprint density at radius 1 is 1.00 bits per heavy atom. The van der Waals surface area contributed by atoms with Crippen LogP contribution in [0.2, 0.25) is 0 Å². The number of ether oxygens (including phenoxy) is 1. The lowest BCUT2D eigenvalue weighted by Crippen LogP contribution is -2.59. The Balaban J connectivity index is 1.32. The van der Waals surface area contributed by atoms with E-state index in [-0.39, 0.29) is 29.7 Å². The first-order valence-corrected chi connectivity index (χ1v) is 15.0. The zero-order valence-corrected chi connectivity index (χ0v) is 23.9. The van der Waals surface area contributed by atoms with E-state index in [1.807, 2.05) is 35.2 Å². The molecule has 3 fully saturated rings. The van der Waals surface area contributed by atoms with E-state index in [0.29, 0.717) is 65.0 Å². The normalized spacial score (nSPS) is 29.4. The van der Waals surface area contributed by atoms with Crippen molar-refractivity contribution in [2.75, 3.05) is 66.1 Å². The molecule has 3 amide bonds. The minimum atomic E-state index is -0.657. The predicted molar refractivity (Wildman–Crippen MR) is 153 cm³/mol. The molecule has 0 saturated carbocycles. The molecule has 40 heavy (non-hydrogen) atoms. The molecule has 0 aliphatic carbocycles. The molecule has 218 valence electrons. The fraction of sp³-hybridized carbons (Fsp3) is 0.645. The SMILES string of the molecule is CN1CCN(CC(=O)N2CC[C@@H]3NC(=O)[C@@H](Cc4ccccc4)NC(=O)C4(C/C=C/C[C@@H]3C2)CCOCC4)CC1. The summed E-state index contributed by atoms with van der Waals surface area (Å²) in [6.07, 6.45) is 8.13. The fourth-order valence-electron chi connectivity index (χ4n) is 6.50. The van der Waals surface area contributed by atoms with Gasteiger partial charge in [-0.25, -0.2) is 0 Å². The predicted octanol–water partition coefficient (Wildman–Crippen LogP) is 1.44. The first-order valence-electron chi connectivity index (χ1n) is 15.0. The Morgan fingerprint density at radius 3 is 2.50 bits per heavy atom. The Kier molecular flexibility index (Phi) is 9.55. The molecule has 5 rings (SSSR count). The lowest BCUT2D eigenvalue weighted by Gasteiger charge is -2.41. The van der Waals surface area contributed by atoms with Crippen LogP contribution >= 0.6 is 0 Å². The molecule has 0 bridgehead atoms. The van der Waals surface area contributed by atoms with Crippen LogP contribution in [0.15, 0.2) is 42.5 Å². The molecule has 2 N–H and O–H groups in total. The van der Waals surface area contributed by atoms with Gasteiger partial charge in [-0.1, -0.05) is 42.5 Å². The Hall–Kier alpha value is -2.75. The van der Waals surface area contributed by atoms with E-state index in [9.17, 15) is 14.4 Å². The molecule has 4 heterocycles. The zero-order valence-electron chi connectivity index (χ0n) is 23.9. The largest absolute Gasteiger partial charge is 0.381 e. The maximum atomic E-state index is 13.8. The van der Waals surface area contributed by atoms with Crippen LogP contribution in [-0.4, -0.2) is 111 Å². The quantitative estimate of drug-likeness (QED) is 0.551. The summed E-state index contributed by atoms with van der Waals surface area (Å²) in [6.45, 7) is 6.64. The molecule has 0 radical (unpaired) electrons. The number of nitrogens with zero attached hydrogens (tertiary/aromatic N) is 3. The summed E-state index contributed by atoms with van der Waals surface area (Å²) < 4.78 is 5.60. The molecule has 9 nitrogen and oxygen atoms in total. The van der Waals surface area contributed by atoms with Crippen molar-refractivity contribution in [1.29, 1.82) is 0 Å². The van der Waals surface area contributed by atoms with Crippen molar-refractivity contribution >= 4 is 17.7 Å². The van der Waals surface area contributed by atoms with Crippen LogP contribution in [0.5, 0.6) is 0 Å². The number of likely N-dealkylation sites (tertiary alicyclic amines) is 1. The molecule has 9 heteroatoms. The van der Waals surface area contributed by atoms with E-state index in [2.05, 4.69) is 39.6 Å². The lowest BCUT2D eigenvalue weighted by molar-refractivity contribution is -0.140. The van der Waals surface area contributed by atoms with Crippen molar-refractivity contribution in [3.8, 4) is 0 Å². The van der Waals surface area contributed by atoms with E-state index < -0.39 is 11.5 Å². The summed E-state index contributed by atoms with van der Waals surface area (Å²) in [7, 11) is 2.12. The smallest absolute Gasteiger partial charge is 0.243 e. The molecule has 4 aliphatic heterocycles. The van der Waals surface area contributed by atoms with Crippen molar-refractivity contribution in [2.45, 2.75) is 50.6 Å². The number of carbonyl (C=O) groups excluding carboxylic acids is 3. The Bertz CT molecular complexity index is 1050. The fourth-order valence-corrected chi connectivity index (χ4v) is 6.50. The third kappa shape index (κ3) is 7.11. The highest BCUT2D eigenvalue weighted by molar-refractivity contribution is 5.90. The number of carbonyl (C=O) groups is 3. The van der Waals surface area contributed by atoms with Gasteiger partial charge in [0.2, 0.25) is 17.7 Å². The number of allylic oxidation sites excluding steroid dienone is 2. The number of fused-ring (bicyclic) bond motifs is 1. The molecule has 1 aromatic carbocycles. The molecule has 4 aliphatic rings. The van der Waals surface area contributed by atoms with Crippen LogP contribution in [0.1, 0.15) is 37.7 Å². The van der Waals surface area contributed by atoms with Gasteiger partial charge in [-0.05, 0) is 44.7 Å². The molecule has 1 spiro atoms. The lowest BCUT2D eigenvalue weighted by atomic mass is 9.75. The van der Waals surface area contributed by atoms with Crippen LogP contribution in [-0.2, 0) is 25.5 Å². The van der Waals surface area contributed by atoms with Gasteiger partial charge in [0, 0.05) is 70.9 Å². The standard InChI is InChI=1S/C31H45N5O4/c1-34-15-17-35(18-16-34)23-28(37)36-14-10-26-25(22-36)9-5-6-11-31(12-19-40-20-13-31)30(39)33-27(29(38)32-26)21-24-7-3-2-4-8-24/h2-8,25-27H,9-23H2,1H3,(H,32,38)(H,33,39)/b6-5+/t25-,26+,27-/m1/s1. The number of piperazine rings is 1. The average molecular weight is 552 g/mol. The van der Waals surface area contributed by atoms with Gasteiger partial charge in [0.25, 0.3) is 0 Å². The second-order valence-electron chi connectivity index (χ2n) is 12.1. The van der Waals surface area contributed by atoms with Gasteiger partial charge in [0.1, 0.15) is 6.04 Å². The van der Waals surface area contributed by atoms with Crippen LogP contribution in [0, 0.1) is 11.3 Å². The number of nitrogens with one attached hydrogen (secondary N) is 2. The number of amides is 3. The highest BCUT2D eigenvalue weighted by atomic mass is 16.5. The Labute approximate surface area is 238 Å². The molecule has 1 aromatic rings. The summed E-state index contributed by atoms with van der Waals surface area (Å²) in [6, 6.07) is 9.16. The van der Waals surface area contributed by atoms with E-state index in [0.717, 1.165) is 38.2 Å². The third-order valence-corrected chi connectivity index (χ3v) is 9.32. The van der Waals surface area contributed by atoms with Gasteiger partial charge < -0.3 is 25.2 Å². The minimum Gasteiger partial charge on any atom is -0.381 e. The van der Waals surface area contributed by atoms with Crippen LogP contribution in [0.25, 0.3) is 0 Å². The van der Waals surface area contributed by atoms with Crippen molar-refractivity contribution in [3.05, 3.63) is 48.0 Å². The van der Waals surface area contributed by atoms with E-state index >= 15 is 0 Å². The third-order valence-electron chi connectivity index (χ3n) is 9.32. The molecule has 3 atom stereocenters. The number of piperidine rings is 1. The van der Waals surface area contributed by atoms with E-state index in [1.165, 1.54) is 0 Å². The van der Waals surface area contributed by atoms with E-state index in [1.54, 1.807) is 0 Å². The highest BCUT2D eigenvalue weighted by Gasteiger charge is 2.41. The topological polar surface area (TPSA) is 94.2 Å². The number of likely N-dealkylation sites (N-methyl/N-ethyl adjacent to an activating group) is 1. The number of rotatable bonds is 4. The summed E-state index contributed by atoms with van der Waals surface area (Å²) in [4.78, 5) is 47.3. The van der Waals surface area contributed by atoms with Gasteiger partial charge >= 0.3 is 0 Å². The van der Waals surface area contributed by atoms with Crippen molar-refractivity contribution in [1.82, 2.24) is 25.3 Å². The van der Waals surface area contributed by atoms with Crippen molar-refractivity contribution < 1.29 is 19.1 Å². The highest BCUT2D eigenvalue weighted by Crippen LogP contribution is 2.36. The Morgan fingerprint density at radius 2 is 1.75 bits per heavy atom. The van der Waals surface area contributed by atoms with Gasteiger partial charge in [-0.2, -0.15) is 0 Å². The molecular formula is C31H45N5O4. The number of hydrogen-bond donors (Lipinski definition) is 2. The van der Waals surface area contributed by atoms with Crippen LogP contribution in [0.3, 0.4) is 0 Å². The first-order chi connectivity index (χ1) is 19.4.